The first-order valence-corrected chi connectivity index (χ1v) is 10.4. The van der Waals surface area contributed by atoms with Gasteiger partial charge in [-0.1, -0.05) is 6.92 Å². The van der Waals surface area contributed by atoms with Crippen LogP contribution < -0.4 is 25.1 Å². The van der Waals surface area contributed by atoms with Gasteiger partial charge < -0.3 is 19.9 Å². The van der Waals surface area contributed by atoms with Crippen LogP contribution in [0.5, 0.6) is 11.5 Å². The predicted molar refractivity (Wildman–Crippen MR) is 116 cm³/mol. The summed E-state index contributed by atoms with van der Waals surface area (Å²) in [6.45, 7) is 1.81. The van der Waals surface area contributed by atoms with E-state index in [9.17, 15) is 14.4 Å². The fourth-order valence-corrected chi connectivity index (χ4v) is 3.85. The Bertz CT molecular complexity index is 1170. The number of nitrogens with zero attached hydrogens (tertiary/aromatic N) is 1. The highest BCUT2D eigenvalue weighted by Gasteiger charge is 2.31. The minimum Gasteiger partial charge on any atom is -0.497 e. The number of rotatable bonds is 9. The van der Waals surface area contributed by atoms with Crippen molar-refractivity contribution in [1.29, 1.82) is 0 Å². The average molecular weight is 460 g/mol. The van der Waals surface area contributed by atoms with Gasteiger partial charge in [-0.2, -0.15) is 0 Å². The van der Waals surface area contributed by atoms with Crippen molar-refractivity contribution in [3.63, 3.8) is 0 Å². The van der Waals surface area contributed by atoms with Gasteiger partial charge in [0.05, 0.1) is 30.7 Å². The van der Waals surface area contributed by atoms with E-state index in [0.29, 0.717) is 23.5 Å². The number of ether oxygens (including phenoxy) is 2. The number of nitrogens with one attached hydrogen (secondary N) is 2. The van der Waals surface area contributed by atoms with Crippen LogP contribution in [0.3, 0.4) is 0 Å². The molecule has 0 aliphatic heterocycles. The van der Waals surface area contributed by atoms with Crippen molar-refractivity contribution in [3.8, 4) is 17.2 Å². The van der Waals surface area contributed by atoms with Crippen LogP contribution in [0.1, 0.15) is 23.7 Å². The molecule has 0 radical (unpaired) electrons. The molecule has 0 spiro atoms. The second kappa shape index (κ2) is 10.1. The molecule has 10 nitrogen and oxygen atoms in total. The molecule has 0 saturated heterocycles. The lowest BCUT2D eigenvalue weighted by Crippen LogP contribution is -2.37. The molecule has 168 valence electrons. The summed E-state index contributed by atoms with van der Waals surface area (Å²) in [5.74, 6) is -0.609. The number of carbonyl (C=O) groups excluding carboxylic acids is 1. The minimum absolute atomic E-state index is 0.0340. The summed E-state index contributed by atoms with van der Waals surface area (Å²) in [6, 6.07) is 11.1. The minimum atomic E-state index is -1.11. The van der Waals surface area contributed by atoms with Crippen molar-refractivity contribution >= 4 is 29.3 Å². The van der Waals surface area contributed by atoms with E-state index in [1.165, 1.54) is 30.0 Å². The van der Waals surface area contributed by atoms with Gasteiger partial charge in [0, 0.05) is 12.1 Å². The number of methoxy groups -OCH3 is 2. The molecule has 11 heteroatoms. The monoisotopic (exact) mass is 460 g/mol. The zero-order valence-electron chi connectivity index (χ0n) is 17.6. The van der Waals surface area contributed by atoms with Crippen molar-refractivity contribution in [2.24, 2.45) is 0 Å². The summed E-state index contributed by atoms with van der Waals surface area (Å²) >= 11 is 1.05. The fourth-order valence-electron chi connectivity index (χ4n) is 2.86. The van der Waals surface area contributed by atoms with Crippen LogP contribution in [0.25, 0.3) is 5.69 Å². The zero-order chi connectivity index (χ0) is 23.3. The Morgan fingerprint density at radius 3 is 2.50 bits per heavy atom. The molecule has 0 fully saturated rings. The second-order valence-electron chi connectivity index (χ2n) is 6.54. The molecule has 0 bridgehead atoms. The Hall–Kier alpha value is -3.73. The number of thioether (sulfide) groups is 1. The molecular weight excluding hydrogens is 438 g/mol. The first-order chi connectivity index (χ1) is 15.4. The molecule has 0 aliphatic rings. The van der Waals surface area contributed by atoms with Crippen LogP contribution in [0.4, 0.5) is 5.69 Å². The van der Waals surface area contributed by atoms with Crippen LogP contribution in [-0.2, 0) is 4.79 Å². The third kappa shape index (κ3) is 4.94. The highest BCUT2D eigenvalue weighted by Crippen LogP contribution is 2.28. The Morgan fingerprint density at radius 1 is 1.19 bits per heavy atom. The molecule has 3 aromatic rings. The quantitative estimate of drug-likeness (QED) is 0.327. The van der Waals surface area contributed by atoms with Crippen LogP contribution in [0.15, 0.2) is 56.8 Å². The molecule has 0 aliphatic carbocycles. The highest BCUT2D eigenvalue weighted by molar-refractivity contribution is 8.00. The van der Waals surface area contributed by atoms with Gasteiger partial charge in [-0.25, -0.2) is 9.59 Å². The number of hydrogen-bond donors (Lipinski definition) is 3. The van der Waals surface area contributed by atoms with Gasteiger partial charge in [-0.3, -0.25) is 9.32 Å². The SMILES string of the molecule is CCC(Sc1c(=O)o[nH][n+]1-c1ccc(OC)cc1)C(=O)Nc1ccc(C(=O)O)cc1OC. The van der Waals surface area contributed by atoms with Crippen molar-refractivity contribution in [2.75, 3.05) is 19.5 Å². The molecule has 1 heterocycles. The number of hydrogen-bond acceptors (Lipinski definition) is 7. The molecule has 32 heavy (non-hydrogen) atoms. The second-order valence-corrected chi connectivity index (χ2v) is 7.74. The maximum atomic E-state index is 12.9. The van der Waals surface area contributed by atoms with E-state index in [2.05, 4.69) is 10.6 Å². The van der Waals surface area contributed by atoms with Gasteiger partial charge in [0.1, 0.15) is 11.5 Å². The molecule has 0 saturated carbocycles. The highest BCUT2D eigenvalue weighted by atomic mass is 32.2. The normalized spacial score (nSPS) is 11.6. The summed E-state index contributed by atoms with van der Waals surface area (Å²) in [4.78, 5) is 36.4. The van der Waals surface area contributed by atoms with Crippen molar-refractivity contribution in [1.82, 2.24) is 5.27 Å². The number of carboxylic acids is 1. The predicted octanol–water partition coefficient (Wildman–Crippen LogP) is 2.47. The smallest absolute Gasteiger partial charge is 0.442 e. The first-order valence-electron chi connectivity index (χ1n) is 9.54. The molecular formula is C21H22N3O7S+. The van der Waals surface area contributed by atoms with Gasteiger partial charge in [-0.05, 0) is 58.5 Å². The summed E-state index contributed by atoms with van der Waals surface area (Å²) in [5.41, 5.74) is 0.373. The zero-order valence-corrected chi connectivity index (χ0v) is 18.4. The molecule has 1 unspecified atom stereocenters. The fraction of sp³-hybridized carbons (Fsp3) is 0.238. The number of amides is 1. The number of aromatic amines is 1. The van der Waals surface area contributed by atoms with Crippen LogP contribution in [0, 0.1) is 0 Å². The lowest BCUT2D eigenvalue weighted by molar-refractivity contribution is -0.704. The molecule has 1 atom stereocenters. The van der Waals surface area contributed by atoms with E-state index in [1.807, 2.05) is 6.92 Å². The number of benzene rings is 2. The van der Waals surface area contributed by atoms with E-state index in [4.69, 9.17) is 19.1 Å². The lowest BCUT2D eigenvalue weighted by Gasteiger charge is -2.15. The topological polar surface area (TPSA) is 135 Å². The van der Waals surface area contributed by atoms with Crippen LogP contribution >= 0.6 is 11.8 Å². The Morgan fingerprint density at radius 2 is 1.91 bits per heavy atom. The van der Waals surface area contributed by atoms with Crippen LogP contribution in [0.2, 0.25) is 0 Å². The lowest BCUT2D eigenvalue weighted by atomic mass is 10.2. The molecule has 3 rings (SSSR count). The van der Waals surface area contributed by atoms with Gasteiger partial charge in [0.2, 0.25) is 11.6 Å². The number of carboxylic acid groups (broad SMARTS) is 1. The first kappa shape index (κ1) is 22.9. The van der Waals surface area contributed by atoms with Crippen molar-refractivity contribution in [2.45, 2.75) is 23.6 Å². The Labute approximate surface area is 187 Å². The molecule has 3 N–H and O–H groups in total. The average Bonchev–Trinajstić information content (AvgIpc) is 3.17. The van der Waals surface area contributed by atoms with Gasteiger partial charge >= 0.3 is 16.6 Å². The van der Waals surface area contributed by atoms with E-state index >= 15 is 0 Å². The van der Waals surface area contributed by atoms with Crippen molar-refractivity contribution in [3.05, 3.63) is 58.4 Å². The molecule has 1 aromatic heterocycles. The third-order valence-electron chi connectivity index (χ3n) is 4.56. The Balaban J connectivity index is 1.83. The maximum Gasteiger partial charge on any atom is 0.442 e. The summed E-state index contributed by atoms with van der Waals surface area (Å²) in [5, 5.41) is 14.0. The number of anilines is 1. The summed E-state index contributed by atoms with van der Waals surface area (Å²) in [7, 11) is 2.93. The number of aromatic nitrogens is 2. The van der Waals surface area contributed by atoms with E-state index in [1.54, 1.807) is 31.4 Å². The largest absolute Gasteiger partial charge is 0.497 e. The Kier molecular flexibility index (Phi) is 7.21. The van der Waals surface area contributed by atoms with Crippen LogP contribution in [-0.4, -0.2) is 41.7 Å². The number of aromatic carboxylic acids is 1. The van der Waals surface area contributed by atoms with E-state index < -0.39 is 16.8 Å². The van der Waals surface area contributed by atoms with E-state index in [-0.39, 0.29) is 22.2 Å². The van der Waals surface area contributed by atoms with E-state index in [0.717, 1.165) is 11.8 Å². The van der Waals surface area contributed by atoms with Gasteiger partial charge in [0.25, 0.3) is 0 Å². The van der Waals surface area contributed by atoms with Crippen molar-refractivity contribution < 1.29 is 33.4 Å². The van der Waals surface area contributed by atoms with Gasteiger partial charge in [0.15, 0.2) is 0 Å². The van der Waals surface area contributed by atoms with Gasteiger partial charge in [-0.15, -0.1) is 0 Å². The summed E-state index contributed by atoms with van der Waals surface area (Å²) < 4.78 is 16.7. The summed E-state index contributed by atoms with van der Waals surface area (Å²) in [6.07, 6.45) is 0.416. The standard InChI is InChI=1S/C21H21N3O7S/c1-4-17(18(25)22-15-10-5-12(20(26)27)11-16(15)30-3)32-19-21(28)31-23-24(19)13-6-8-14(29-2)9-7-13/h5-11,17H,4H2,1-3H3,(H2-,22,23,25,26,27,28)/p+1. The third-order valence-corrected chi connectivity index (χ3v) is 5.97. The maximum absolute atomic E-state index is 12.9. The molecule has 2 aromatic carbocycles. The molecule has 1 amide bonds. The number of H-pyrrole nitrogens is 1. The number of carbonyl (C=O) groups is 2.